The molecular formula is C15H18S. The highest BCUT2D eigenvalue weighted by atomic mass is 32.2. The molecule has 0 amide bonds. The van der Waals surface area contributed by atoms with E-state index in [1.165, 1.54) is 36.8 Å². The molecule has 0 aromatic carbocycles. The second kappa shape index (κ2) is 3.66. The van der Waals surface area contributed by atoms with Gasteiger partial charge < -0.3 is 0 Å². The molecule has 0 N–H and O–H groups in total. The smallest absolute Gasteiger partial charge is 0.0467 e. The maximum atomic E-state index is 2.41. The highest BCUT2D eigenvalue weighted by Crippen LogP contribution is 2.56. The first kappa shape index (κ1) is 10.5. The lowest BCUT2D eigenvalue weighted by Crippen LogP contribution is -2.22. The van der Waals surface area contributed by atoms with Gasteiger partial charge in [0.1, 0.15) is 0 Å². The molecule has 0 saturated carbocycles. The van der Waals surface area contributed by atoms with Crippen LogP contribution in [0.3, 0.4) is 0 Å². The van der Waals surface area contributed by atoms with Crippen LogP contribution in [0.1, 0.15) is 39.5 Å². The van der Waals surface area contributed by atoms with E-state index >= 15 is 0 Å². The molecule has 0 fully saturated rings. The van der Waals surface area contributed by atoms with Crippen molar-refractivity contribution in [1.82, 2.24) is 0 Å². The van der Waals surface area contributed by atoms with Crippen LogP contribution in [0.5, 0.6) is 0 Å². The second-order valence-corrected chi connectivity index (χ2v) is 6.83. The largest absolute Gasteiger partial charge is 0.118 e. The Morgan fingerprint density at radius 2 is 2.19 bits per heavy atom. The molecule has 2 aliphatic carbocycles. The van der Waals surface area contributed by atoms with Gasteiger partial charge in [-0.2, -0.15) is 0 Å². The zero-order valence-corrected chi connectivity index (χ0v) is 10.9. The molecule has 0 aromatic rings. The van der Waals surface area contributed by atoms with E-state index in [4.69, 9.17) is 0 Å². The molecule has 1 heterocycles. The van der Waals surface area contributed by atoms with E-state index in [0.717, 1.165) is 0 Å². The first-order chi connectivity index (χ1) is 7.69. The number of thioether (sulfide) groups is 1. The number of fused-ring (bicyclic) bond motifs is 2. The van der Waals surface area contributed by atoms with E-state index in [1.54, 1.807) is 10.5 Å². The molecule has 1 unspecified atom stereocenters. The molecule has 16 heavy (non-hydrogen) atoms. The summed E-state index contributed by atoms with van der Waals surface area (Å²) >= 11 is 2.12. The molecule has 0 nitrogen and oxygen atoms in total. The van der Waals surface area contributed by atoms with Crippen LogP contribution in [0.25, 0.3) is 0 Å². The fourth-order valence-electron chi connectivity index (χ4n) is 2.98. The van der Waals surface area contributed by atoms with E-state index in [1.807, 2.05) is 0 Å². The van der Waals surface area contributed by atoms with Gasteiger partial charge in [0.25, 0.3) is 0 Å². The van der Waals surface area contributed by atoms with Gasteiger partial charge >= 0.3 is 0 Å². The first-order valence-corrected chi connectivity index (χ1v) is 6.98. The van der Waals surface area contributed by atoms with Crippen molar-refractivity contribution < 1.29 is 0 Å². The summed E-state index contributed by atoms with van der Waals surface area (Å²) in [5.41, 5.74) is 4.62. The van der Waals surface area contributed by atoms with Gasteiger partial charge in [0.05, 0.1) is 0 Å². The van der Waals surface area contributed by atoms with Gasteiger partial charge in [0.2, 0.25) is 0 Å². The third kappa shape index (κ3) is 1.53. The van der Waals surface area contributed by atoms with Crippen molar-refractivity contribution in [2.45, 2.75) is 44.3 Å². The Morgan fingerprint density at radius 1 is 1.31 bits per heavy atom. The third-order valence-electron chi connectivity index (χ3n) is 3.72. The summed E-state index contributed by atoms with van der Waals surface area (Å²) in [6.07, 6.45) is 14.4. The van der Waals surface area contributed by atoms with Crippen LogP contribution in [-0.4, -0.2) is 4.75 Å². The van der Waals surface area contributed by atoms with E-state index in [-0.39, 0.29) is 0 Å². The van der Waals surface area contributed by atoms with Gasteiger partial charge in [-0.3, -0.25) is 0 Å². The van der Waals surface area contributed by atoms with E-state index in [9.17, 15) is 0 Å². The fourth-order valence-corrected chi connectivity index (χ4v) is 4.65. The van der Waals surface area contributed by atoms with Gasteiger partial charge in [0, 0.05) is 4.75 Å². The van der Waals surface area contributed by atoms with Crippen LogP contribution in [0.15, 0.2) is 45.9 Å². The van der Waals surface area contributed by atoms with Crippen molar-refractivity contribution in [3.8, 4) is 0 Å². The van der Waals surface area contributed by atoms with Crippen LogP contribution in [0.4, 0.5) is 0 Å². The second-order valence-electron chi connectivity index (χ2n) is 5.23. The lowest BCUT2D eigenvalue weighted by molar-refractivity contribution is 0.737. The molecule has 1 atom stereocenters. The predicted octanol–water partition coefficient (Wildman–Crippen LogP) is 4.76. The summed E-state index contributed by atoms with van der Waals surface area (Å²) in [7, 11) is 0. The molecule has 0 saturated heterocycles. The standard InChI is InChI=1S/C15H18S/c1-11-8-9-13-12-6-4-3-5-7-14(12)16-15(13,2)10-11/h4,6,8-9H,3,5,7,10H2,1-2H3. The van der Waals surface area contributed by atoms with Gasteiger partial charge in [0.15, 0.2) is 0 Å². The van der Waals surface area contributed by atoms with Crippen molar-refractivity contribution in [1.29, 1.82) is 0 Å². The number of hydrogen-bond acceptors (Lipinski definition) is 1. The van der Waals surface area contributed by atoms with Crippen molar-refractivity contribution in [2.24, 2.45) is 0 Å². The molecular weight excluding hydrogens is 212 g/mol. The quantitative estimate of drug-likeness (QED) is 0.578. The Labute approximate surface area is 102 Å². The van der Waals surface area contributed by atoms with Crippen LogP contribution in [0.2, 0.25) is 0 Å². The minimum Gasteiger partial charge on any atom is -0.118 e. The summed E-state index contributed by atoms with van der Waals surface area (Å²) in [6.45, 7) is 4.65. The molecule has 0 aromatic heterocycles. The summed E-state index contributed by atoms with van der Waals surface area (Å²) in [4.78, 5) is 1.63. The zero-order valence-electron chi connectivity index (χ0n) is 10.0. The van der Waals surface area contributed by atoms with Gasteiger partial charge in [-0.25, -0.2) is 0 Å². The maximum absolute atomic E-state index is 2.41. The van der Waals surface area contributed by atoms with E-state index in [2.05, 4.69) is 49.9 Å². The van der Waals surface area contributed by atoms with Crippen molar-refractivity contribution in [3.63, 3.8) is 0 Å². The highest BCUT2D eigenvalue weighted by molar-refractivity contribution is 8.05. The molecule has 3 aliphatic rings. The van der Waals surface area contributed by atoms with Crippen LogP contribution in [0, 0.1) is 0 Å². The Balaban J connectivity index is 2.07. The van der Waals surface area contributed by atoms with E-state index < -0.39 is 0 Å². The topological polar surface area (TPSA) is 0 Å². The van der Waals surface area contributed by atoms with Crippen molar-refractivity contribution >= 4 is 11.8 Å². The minimum absolute atomic E-state index is 0.325. The number of rotatable bonds is 0. The third-order valence-corrected chi connectivity index (χ3v) is 5.20. The molecule has 3 rings (SSSR count). The summed E-state index contributed by atoms with van der Waals surface area (Å²) < 4.78 is 0.325. The molecule has 84 valence electrons. The summed E-state index contributed by atoms with van der Waals surface area (Å²) in [5, 5.41) is 0. The van der Waals surface area contributed by atoms with E-state index in [0.29, 0.717) is 4.75 Å². The lowest BCUT2D eigenvalue weighted by Gasteiger charge is -2.29. The van der Waals surface area contributed by atoms with Crippen LogP contribution >= 0.6 is 11.8 Å². The Kier molecular flexibility index (Phi) is 2.39. The number of hydrogen-bond donors (Lipinski definition) is 0. The van der Waals surface area contributed by atoms with Crippen molar-refractivity contribution in [2.75, 3.05) is 0 Å². The van der Waals surface area contributed by atoms with Gasteiger partial charge in [-0.15, -0.1) is 11.8 Å². The number of allylic oxidation sites excluding steroid dienone is 7. The molecule has 0 spiro atoms. The SMILES string of the molecule is CC1=CC=C2C3=C(CCCC=C3)SC2(C)C1. The lowest BCUT2D eigenvalue weighted by atomic mass is 9.84. The molecule has 0 radical (unpaired) electrons. The molecule has 1 aliphatic heterocycles. The minimum atomic E-state index is 0.325. The molecule has 1 heteroatoms. The summed E-state index contributed by atoms with van der Waals surface area (Å²) in [6, 6.07) is 0. The Bertz CT molecular complexity index is 448. The van der Waals surface area contributed by atoms with Crippen LogP contribution < -0.4 is 0 Å². The maximum Gasteiger partial charge on any atom is 0.0467 e. The Morgan fingerprint density at radius 3 is 3.06 bits per heavy atom. The van der Waals surface area contributed by atoms with Crippen LogP contribution in [-0.2, 0) is 0 Å². The van der Waals surface area contributed by atoms with Gasteiger partial charge in [-0.05, 0) is 55.6 Å². The van der Waals surface area contributed by atoms with Crippen molar-refractivity contribution in [3.05, 3.63) is 45.9 Å². The predicted molar refractivity (Wildman–Crippen MR) is 72.5 cm³/mol. The first-order valence-electron chi connectivity index (χ1n) is 6.16. The fraction of sp³-hybridized carbons (Fsp3) is 0.467. The normalized spacial score (nSPS) is 32.9. The average molecular weight is 230 g/mol. The molecule has 0 bridgehead atoms. The summed E-state index contributed by atoms with van der Waals surface area (Å²) in [5.74, 6) is 0. The Hall–Kier alpha value is -0.690. The highest BCUT2D eigenvalue weighted by Gasteiger charge is 2.40. The monoisotopic (exact) mass is 230 g/mol. The van der Waals surface area contributed by atoms with Gasteiger partial charge in [-0.1, -0.05) is 29.9 Å². The average Bonchev–Trinajstić information content (AvgIpc) is 2.37. The zero-order chi connectivity index (χ0) is 11.2.